The Labute approximate surface area is 156 Å². The monoisotopic (exact) mass is 376 g/mol. The Bertz CT molecular complexity index is 810. The maximum atomic E-state index is 13.1. The van der Waals surface area contributed by atoms with E-state index in [1.165, 1.54) is 0 Å². The maximum Gasteiger partial charge on any atom is 0.246 e. The first-order chi connectivity index (χ1) is 12.1. The molecule has 2 fully saturated rings. The Morgan fingerprint density at radius 2 is 1.88 bits per heavy atom. The minimum Gasteiger partial charge on any atom is -0.495 e. The number of methoxy groups -OCH3 is 1. The molecule has 2 saturated heterocycles. The van der Waals surface area contributed by atoms with Crippen LogP contribution in [0.5, 0.6) is 5.75 Å². The van der Waals surface area contributed by atoms with Crippen LogP contribution in [0.1, 0.15) is 24.6 Å². The lowest BCUT2D eigenvalue weighted by molar-refractivity contribution is -0.119. The number of anilines is 1. The lowest BCUT2D eigenvalue weighted by Gasteiger charge is -2.30. The van der Waals surface area contributed by atoms with Gasteiger partial charge in [0.2, 0.25) is 5.91 Å². The van der Waals surface area contributed by atoms with E-state index < -0.39 is 0 Å². The van der Waals surface area contributed by atoms with Crippen LogP contribution in [-0.4, -0.2) is 30.5 Å². The van der Waals surface area contributed by atoms with Crippen molar-refractivity contribution in [2.45, 2.75) is 25.0 Å². The van der Waals surface area contributed by atoms with Gasteiger partial charge >= 0.3 is 0 Å². The molecule has 2 atom stereocenters. The van der Waals surface area contributed by atoms with Crippen molar-refractivity contribution in [1.29, 1.82) is 0 Å². The second-order valence-electron chi connectivity index (χ2n) is 6.35. The molecule has 2 heterocycles. The van der Waals surface area contributed by atoms with E-state index in [0.717, 1.165) is 30.6 Å². The molecule has 2 aliphatic rings. The average Bonchev–Trinajstić information content (AvgIpc) is 3.18. The molecule has 0 N–H and O–H groups in total. The molecule has 2 aromatic rings. The van der Waals surface area contributed by atoms with E-state index in [-0.39, 0.29) is 18.1 Å². The van der Waals surface area contributed by atoms with E-state index in [9.17, 15) is 4.79 Å². The molecule has 2 aromatic carbocycles. The van der Waals surface area contributed by atoms with Crippen molar-refractivity contribution >= 4 is 34.8 Å². The minimum atomic E-state index is -0.137. The van der Waals surface area contributed by atoms with Crippen molar-refractivity contribution in [1.82, 2.24) is 4.90 Å². The van der Waals surface area contributed by atoms with Crippen molar-refractivity contribution in [2.75, 3.05) is 18.6 Å². The topological polar surface area (TPSA) is 32.8 Å². The summed E-state index contributed by atoms with van der Waals surface area (Å²) in [7, 11) is 1.58. The van der Waals surface area contributed by atoms with Gasteiger partial charge in [0.15, 0.2) is 0 Å². The average molecular weight is 377 g/mol. The Hall–Kier alpha value is -1.75. The van der Waals surface area contributed by atoms with Gasteiger partial charge in [-0.15, -0.1) is 0 Å². The Morgan fingerprint density at radius 3 is 2.56 bits per heavy atom. The number of fused-ring (bicyclic) bond motifs is 1. The number of hydrogen-bond acceptors (Lipinski definition) is 3. The fraction of sp³-hybridized carbons (Fsp3) is 0.316. The summed E-state index contributed by atoms with van der Waals surface area (Å²) in [5, 5.41) is 1.18. The second kappa shape index (κ2) is 6.52. The van der Waals surface area contributed by atoms with E-state index in [1.54, 1.807) is 19.2 Å². The number of carbonyl (C=O) groups is 1. The van der Waals surface area contributed by atoms with Crippen molar-refractivity contribution in [2.24, 2.45) is 0 Å². The number of ether oxygens (including phenoxy) is 1. The fourth-order valence-electron chi connectivity index (χ4n) is 3.83. The number of benzene rings is 2. The highest BCUT2D eigenvalue weighted by Gasteiger charge is 2.49. The zero-order chi connectivity index (χ0) is 17.6. The van der Waals surface area contributed by atoms with Gasteiger partial charge in [0.1, 0.15) is 11.9 Å². The van der Waals surface area contributed by atoms with E-state index in [0.29, 0.717) is 15.8 Å². The normalized spacial score (nSPS) is 23.2. The summed E-state index contributed by atoms with van der Waals surface area (Å²) in [5.74, 6) is 0.722. The predicted molar refractivity (Wildman–Crippen MR) is 99.4 cm³/mol. The van der Waals surface area contributed by atoms with Gasteiger partial charge in [-0.3, -0.25) is 14.6 Å². The van der Waals surface area contributed by atoms with E-state index in [1.807, 2.05) is 35.2 Å². The van der Waals surface area contributed by atoms with Gasteiger partial charge in [-0.05, 0) is 48.7 Å². The third kappa shape index (κ3) is 2.78. The van der Waals surface area contributed by atoms with Crippen molar-refractivity contribution in [3.8, 4) is 5.75 Å². The molecule has 2 aliphatic heterocycles. The van der Waals surface area contributed by atoms with Gasteiger partial charge in [0.25, 0.3) is 0 Å². The van der Waals surface area contributed by atoms with Crippen LogP contribution in [0, 0.1) is 0 Å². The van der Waals surface area contributed by atoms with Crippen molar-refractivity contribution in [3.63, 3.8) is 0 Å². The molecule has 6 heteroatoms. The molecule has 130 valence electrons. The highest BCUT2D eigenvalue weighted by Crippen LogP contribution is 2.43. The number of halogens is 2. The third-order valence-corrected chi connectivity index (χ3v) is 5.50. The van der Waals surface area contributed by atoms with Crippen LogP contribution in [0.3, 0.4) is 0 Å². The van der Waals surface area contributed by atoms with E-state index in [2.05, 4.69) is 4.90 Å². The molecule has 2 unspecified atom stereocenters. The van der Waals surface area contributed by atoms with Crippen LogP contribution in [0.4, 0.5) is 5.69 Å². The summed E-state index contributed by atoms with van der Waals surface area (Å²) >= 11 is 12.3. The lowest BCUT2D eigenvalue weighted by atomic mass is 10.1. The summed E-state index contributed by atoms with van der Waals surface area (Å²) in [6, 6.07) is 13.1. The summed E-state index contributed by atoms with van der Waals surface area (Å²) in [6.45, 7) is 0.907. The quantitative estimate of drug-likeness (QED) is 0.789. The van der Waals surface area contributed by atoms with E-state index in [4.69, 9.17) is 27.9 Å². The molecular formula is C19H18Cl2N2O2. The Kier molecular flexibility index (Phi) is 4.36. The molecule has 0 aliphatic carbocycles. The molecule has 0 bridgehead atoms. The zero-order valence-corrected chi connectivity index (χ0v) is 15.3. The number of carbonyl (C=O) groups excluding carboxylic acids is 1. The third-order valence-electron chi connectivity index (χ3n) is 4.96. The zero-order valence-electron chi connectivity index (χ0n) is 13.8. The van der Waals surface area contributed by atoms with Crippen LogP contribution < -0.4 is 9.64 Å². The summed E-state index contributed by atoms with van der Waals surface area (Å²) in [4.78, 5) is 17.2. The molecule has 0 radical (unpaired) electrons. The highest BCUT2D eigenvalue weighted by atomic mass is 35.5. The van der Waals surface area contributed by atoms with Gasteiger partial charge in [-0.2, -0.15) is 0 Å². The molecule has 1 amide bonds. The Balaban J connectivity index is 1.79. The van der Waals surface area contributed by atoms with Crippen LogP contribution in [-0.2, 0) is 4.79 Å². The molecule has 0 aromatic heterocycles. The largest absolute Gasteiger partial charge is 0.495 e. The maximum absolute atomic E-state index is 13.1. The van der Waals surface area contributed by atoms with Gasteiger partial charge in [0.05, 0.1) is 18.2 Å². The molecule has 4 nitrogen and oxygen atoms in total. The minimum absolute atomic E-state index is 0.0680. The van der Waals surface area contributed by atoms with E-state index >= 15 is 0 Å². The summed E-state index contributed by atoms with van der Waals surface area (Å²) < 4.78 is 5.23. The van der Waals surface area contributed by atoms with Gasteiger partial charge in [-0.1, -0.05) is 35.3 Å². The number of rotatable bonds is 3. The SMILES string of the molecule is COc1ccc(N2C(=O)C3CCCN3C2c2ccc(Cl)cc2)cc1Cl. The highest BCUT2D eigenvalue weighted by molar-refractivity contribution is 6.32. The first-order valence-corrected chi connectivity index (χ1v) is 9.03. The number of hydrogen-bond donors (Lipinski definition) is 0. The van der Waals surface area contributed by atoms with Gasteiger partial charge in [-0.25, -0.2) is 0 Å². The van der Waals surface area contributed by atoms with Crippen LogP contribution in [0.25, 0.3) is 0 Å². The van der Waals surface area contributed by atoms with Crippen LogP contribution in [0.15, 0.2) is 42.5 Å². The first-order valence-electron chi connectivity index (χ1n) is 8.28. The van der Waals surface area contributed by atoms with Crippen molar-refractivity contribution in [3.05, 3.63) is 58.1 Å². The first kappa shape index (κ1) is 16.7. The molecular weight excluding hydrogens is 359 g/mol. The number of amides is 1. The lowest BCUT2D eigenvalue weighted by Crippen LogP contribution is -2.32. The smallest absolute Gasteiger partial charge is 0.246 e. The predicted octanol–water partition coefficient (Wildman–Crippen LogP) is 4.51. The fourth-order valence-corrected chi connectivity index (χ4v) is 4.20. The molecule has 0 spiro atoms. The molecule has 25 heavy (non-hydrogen) atoms. The molecule has 4 rings (SSSR count). The summed E-state index contributed by atoms with van der Waals surface area (Å²) in [6.07, 6.45) is 1.79. The van der Waals surface area contributed by atoms with Crippen molar-refractivity contribution < 1.29 is 9.53 Å². The van der Waals surface area contributed by atoms with Crippen LogP contribution >= 0.6 is 23.2 Å². The van der Waals surface area contributed by atoms with Crippen LogP contribution in [0.2, 0.25) is 10.0 Å². The number of nitrogens with zero attached hydrogens (tertiary/aromatic N) is 2. The second-order valence-corrected chi connectivity index (χ2v) is 7.19. The molecule has 0 saturated carbocycles. The van der Waals surface area contributed by atoms with Gasteiger partial charge in [0, 0.05) is 17.3 Å². The Morgan fingerprint density at radius 1 is 1.12 bits per heavy atom. The van der Waals surface area contributed by atoms with Gasteiger partial charge < -0.3 is 4.74 Å². The summed E-state index contributed by atoms with van der Waals surface area (Å²) in [5.41, 5.74) is 1.83. The standard InChI is InChI=1S/C19H18Cl2N2O2/c1-25-17-9-8-14(11-15(17)21)23-18(12-4-6-13(20)7-5-12)22-10-2-3-16(22)19(23)24/h4-9,11,16,18H,2-3,10H2,1H3.